The number of rotatable bonds is 5. The number of halogens is 1. The van der Waals surface area contributed by atoms with Gasteiger partial charge in [0.05, 0.1) is 12.6 Å². The summed E-state index contributed by atoms with van der Waals surface area (Å²) in [6.07, 6.45) is 0. The predicted molar refractivity (Wildman–Crippen MR) is 77.3 cm³/mol. The van der Waals surface area contributed by atoms with Crippen molar-refractivity contribution in [3.63, 3.8) is 0 Å². The Bertz CT molecular complexity index is 487. The number of hydrogen-bond donors (Lipinski definition) is 2. The molecular formula is C15H16BrNO. The topological polar surface area (TPSA) is 32.3 Å². The van der Waals surface area contributed by atoms with Crippen LogP contribution in [0.2, 0.25) is 0 Å². The van der Waals surface area contributed by atoms with E-state index >= 15 is 0 Å². The van der Waals surface area contributed by atoms with E-state index in [-0.39, 0.29) is 12.6 Å². The van der Waals surface area contributed by atoms with Gasteiger partial charge in [0.1, 0.15) is 0 Å². The average molecular weight is 306 g/mol. The molecule has 2 rings (SSSR count). The first-order valence-corrected chi connectivity index (χ1v) is 6.72. The van der Waals surface area contributed by atoms with Gasteiger partial charge in [-0.25, -0.2) is 0 Å². The first kappa shape index (κ1) is 13.3. The molecule has 2 N–H and O–H groups in total. The first-order valence-electron chi connectivity index (χ1n) is 5.93. The van der Waals surface area contributed by atoms with Gasteiger partial charge in [-0.05, 0) is 23.3 Å². The first-order chi connectivity index (χ1) is 8.79. The zero-order chi connectivity index (χ0) is 12.8. The molecule has 0 saturated heterocycles. The lowest BCUT2D eigenvalue weighted by molar-refractivity contribution is 0.243. The van der Waals surface area contributed by atoms with Crippen LogP contribution in [0.3, 0.4) is 0 Å². The molecule has 18 heavy (non-hydrogen) atoms. The van der Waals surface area contributed by atoms with Crippen molar-refractivity contribution in [2.24, 2.45) is 0 Å². The molecule has 2 aromatic rings. The van der Waals surface area contributed by atoms with Gasteiger partial charge in [-0.3, -0.25) is 0 Å². The van der Waals surface area contributed by atoms with Crippen molar-refractivity contribution in [2.45, 2.75) is 12.6 Å². The predicted octanol–water partition coefficient (Wildman–Crippen LogP) is 3.27. The van der Waals surface area contributed by atoms with Gasteiger partial charge in [-0.15, -0.1) is 0 Å². The van der Waals surface area contributed by atoms with Gasteiger partial charge in [0.15, 0.2) is 0 Å². The maximum atomic E-state index is 9.44. The minimum absolute atomic E-state index is 0.0230. The van der Waals surface area contributed by atoms with Gasteiger partial charge in [0, 0.05) is 11.0 Å². The lowest BCUT2D eigenvalue weighted by Crippen LogP contribution is -2.23. The molecule has 0 aliphatic heterocycles. The van der Waals surface area contributed by atoms with Gasteiger partial charge >= 0.3 is 0 Å². The van der Waals surface area contributed by atoms with Crippen molar-refractivity contribution in [1.82, 2.24) is 5.32 Å². The Labute approximate surface area is 116 Å². The highest BCUT2D eigenvalue weighted by Crippen LogP contribution is 2.15. The van der Waals surface area contributed by atoms with E-state index in [1.807, 2.05) is 42.5 Å². The molecule has 0 aliphatic rings. The van der Waals surface area contributed by atoms with Crippen LogP contribution in [0.15, 0.2) is 59.1 Å². The lowest BCUT2D eigenvalue weighted by Gasteiger charge is -2.16. The molecule has 0 aromatic heterocycles. The van der Waals surface area contributed by atoms with Crippen LogP contribution in [0.4, 0.5) is 0 Å². The van der Waals surface area contributed by atoms with Gasteiger partial charge < -0.3 is 10.4 Å². The quantitative estimate of drug-likeness (QED) is 0.888. The van der Waals surface area contributed by atoms with Crippen LogP contribution in [0, 0.1) is 0 Å². The Kier molecular flexibility index (Phi) is 4.93. The van der Waals surface area contributed by atoms with Gasteiger partial charge in [0.25, 0.3) is 0 Å². The van der Waals surface area contributed by atoms with E-state index in [0.717, 1.165) is 16.6 Å². The highest BCUT2D eigenvalue weighted by Gasteiger charge is 2.08. The summed E-state index contributed by atoms with van der Waals surface area (Å²) in [7, 11) is 0. The molecule has 2 nitrogen and oxygen atoms in total. The SMILES string of the molecule is OCC(NCc1cccc(Br)c1)c1ccccc1. The molecule has 0 fully saturated rings. The van der Waals surface area contributed by atoms with Crippen LogP contribution < -0.4 is 5.32 Å². The van der Waals surface area contributed by atoms with Crippen LogP contribution in [-0.2, 0) is 6.54 Å². The Balaban J connectivity index is 2.00. The third kappa shape index (κ3) is 3.67. The maximum Gasteiger partial charge on any atom is 0.0626 e. The normalized spacial score (nSPS) is 12.3. The fourth-order valence-corrected chi connectivity index (χ4v) is 2.31. The minimum Gasteiger partial charge on any atom is -0.394 e. The molecule has 0 heterocycles. The summed E-state index contributed by atoms with van der Waals surface area (Å²) in [5.41, 5.74) is 2.30. The summed E-state index contributed by atoms with van der Waals surface area (Å²) in [4.78, 5) is 0. The van der Waals surface area contributed by atoms with Crippen LogP contribution in [-0.4, -0.2) is 11.7 Å². The number of hydrogen-bond acceptors (Lipinski definition) is 2. The van der Waals surface area contributed by atoms with E-state index in [2.05, 4.69) is 33.4 Å². The Morgan fingerprint density at radius 1 is 1.06 bits per heavy atom. The molecule has 1 unspecified atom stereocenters. The Hall–Kier alpha value is -1.16. The van der Waals surface area contributed by atoms with Crippen molar-refractivity contribution >= 4 is 15.9 Å². The van der Waals surface area contributed by atoms with Crippen molar-refractivity contribution in [3.8, 4) is 0 Å². The Morgan fingerprint density at radius 3 is 2.50 bits per heavy atom. The molecule has 0 amide bonds. The van der Waals surface area contributed by atoms with Crippen LogP contribution in [0.1, 0.15) is 17.2 Å². The fourth-order valence-electron chi connectivity index (χ4n) is 1.86. The molecule has 0 aliphatic carbocycles. The third-order valence-electron chi connectivity index (χ3n) is 2.83. The van der Waals surface area contributed by atoms with E-state index in [4.69, 9.17) is 0 Å². The van der Waals surface area contributed by atoms with Crippen molar-refractivity contribution in [2.75, 3.05) is 6.61 Å². The minimum atomic E-state index is -0.0230. The average Bonchev–Trinajstić information content (AvgIpc) is 2.41. The van der Waals surface area contributed by atoms with Gasteiger partial charge in [-0.1, -0.05) is 58.4 Å². The summed E-state index contributed by atoms with van der Waals surface area (Å²) < 4.78 is 1.07. The molecule has 2 aromatic carbocycles. The zero-order valence-electron chi connectivity index (χ0n) is 10.0. The molecule has 1 atom stereocenters. The molecule has 0 radical (unpaired) electrons. The second-order valence-electron chi connectivity index (χ2n) is 4.16. The molecule has 0 spiro atoms. The summed E-state index contributed by atoms with van der Waals surface area (Å²) in [6.45, 7) is 0.831. The fraction of sp³-hybridized carbons (Fsp3) is 0.200. The zero-order valence-corrected chi connectivity index (χ0v) is 11.6. The highest BCUT2D eigenvalue weighted by atomic mass is 79.9. The smallest absolute Gasteiger partial charge is 0.0626 e. The van der Waals surface area contributed by atoms with E-state index in [1.54, 1.807) is 0 Å². The second-order valence-corrected chi connectivity index (χ2v) is 5.07. The van der Waals surface area contributed by atoms with E-state index < -0.39 is 0 Å². The number of nitrogens with one attached hydrogen (secondary N) is 1. The van der Waals surface area contributed by atoms with Gasteiger partial charge in [-0.2, -0.15) is 0 Å². The highest BCUT2D eigenvalue weighted by molar-refractivity contribution is 9.10. The van der Waals surface area contributed by atoms with Crippen molar-refractivity contribution in [1.29, 1.82) is 0 Å². The largest absolute Gasteiger partial charge is 0.394 e. The summed E-state index contributed by atoms with van der Waals surface area (Å²) >= 11 is 3.45. The van der Waals surface area contributed by atoms with E-state index in [9.17, 15) is 5.11 Å². The summed E-state index contributed by atoms with van der Waals surface area (Å²) in [6, 6.07) is 18.1. The van der Waals surface area contributed by atoms with E-state index in [1.165, 1.54) is 5.56 Å². The van der Waals surface area contributed by atoms with Crippen LogP contribution >= 0.6 is 15.9 Å². The van der Waals surface area contributed by atoms with Crippen molar-refractivity contribution in [3.05, 3.63) is 70.2 Å². The standard InChI is InChI=1S/C15H16BrNO/c16-14-8-4-5-12(9-14)10-17-15(11-18)13-6-2-1-3-7-13/h1-9,15,17-18H,10-11H2. The number of aliphatic hydroxyl groups is 1. The van der Waals surface area contributed by atoms with Crippen LogP contribution in [0.25, 0.3) is 0 Å². The molecule has 0 saturated carbocycles. The maximum absolute atomic E-state index is 9.44. The van der Waals surface area contributed by atoms with Gasteiger partial charge in [0.2, 0.25) is 0 Å². The monoisotopic (exact) mass is 305 g/mol. The molecule has 0 bridgehead atoms. The van der Waals surface area contributed by atoms with Crippen molar-refractivity contribution < 1.29 is 5.11 Å². The molecule has 3 heteroatoms. The molecular weight excluding hydrogens is 290 g/mol. The number of aliphatic hydroxyl groups excluding tert-OH is 1. The Morgan fingerprint density at radius 2 is 1.83 bits per heavy atom. The van der Waals surface area contributed by atoms with Crippen LogP contribution in [0.5, 0.6) is 0 Å². The van der Waals surface area contributed by atoms with E-state index in [0.29, 0.717) is 0 Å². The summed E-state index contributed by atoms with van der Waals surface area (Å²) in [5.74, 6) is 0. The molecule has 94 valence electrons. The summed E-state index contributed by atoms with van der Waals surface area (Å²) in [5, 5.41) is 12.8. The number of benzene rings is 2. The third-order valence-corrected chi connectivity index (χ3v) is 3.32. The lowest BCUT2D eigenvalue weighted by atomic mass is 10.1. The second kappa shape index (κ2) is 6.69.